The summed E-state index contributed by atoms with van der Waals surface area (Å²) >= 11 is 0. The number of aryl methyl sites for hydroxylation is 2. The van der Waals surface area contributed by atoms with E-state index in [0.29, 0.717) is 12.5 Å². The van der Waals surface area contributed by atoms with Gasteiger partial charge >= 0.3 is 0 Å². The van der Waals surface area contributed by atoms with Crippen LogP contribution in [0, 0.1) is 12.8 Å². The van der Waals surface area contributed by atoms with E-state index < -0.39 is 0 Å². The molecule has 6 nitrogen and oxygen atoms in total. The highest BCUT2D eigenvalue weighted by Gasteiger charge is 2.24. The van der Waals surface area contributed by atoms with Crippen LogP contribution >= 0.6 is 0 Å². The fourth-order valence-electron chi connectivity index (χ4n) is 3.01. The van der Waals surface area contributed by atoms with Gasteiger partial charge in [0.2, 0.25) is 0 Å². The Morgan fingerprint density at radius 3 is 2.71 bits per heavy atom. The molecule has 0 unspecified atom stereocenters. The first-order valence-electron chi connectivity index (χ1n) is 7.75. The van der Waals surface area contributed by atoms with Crippen molar-refractivity contribution in [2.45, 2.75) is 26.3 Å². The Morgan fingerprint density at radius 2 is 2.10 bits per heavy atom. The fourth-order valence-corrected chi connectivity index (χ4v) is 3.01. The molecule has 2 N–H and O–H groups in total. The van der Waals surface area contributed by atoms with Gasteiger partial charge in [0.25, 0.3) is 0 Å². The number of piperidine rings is 1. The van der Waals surface area contributed by atoms with Crippen LogP contribution in [0.4, 0.5) is 5.82 Å². The highest BCUT2D eigenvalue weighted by molar-refractivity contribution is 5.50. The molecule has 2 rings (SSSR count). The fraction of sp³-hybridized carbons (Fsp3) is 0.800. The van der Waals surface area contributed by atoms with Crippen molar-refractivity contribution in [3.05, 3.63) is 11.3 Å². The molecular formula is C15H28N4O2. The van der Waals surface area contributed by atoms with Gasteiger partial charge in [-0.25, -0.2) is 0 Å². The molecule has 1 aliphatic heterocycles. The summed E-state index contributed by atoms with van der Waals surface area (Å²) in [6.45, 7) is 6.75. The summed E-state index contributed by atoms with van der Waals surface area (Å²) in [5, 5.41) is 17.3. The number of hydrogen-bond acceptors (Lipinski definition) is 5. The monoisotopic (exact) mass is 296 g/mol. The van der Waals surface area contributed by atoms with Crippen LogP contribution in [-0.4, -0.2) is 54.8 Å². The van der Waals surface area contributed by atoms with Crippen LogP contribution in [-0.2, 0) is 18.3 Å². The number of nitrogens with one attached hydrogen (secondary N) is 1. The molecule has 1 saturated heterocycles. The van der Waals surface area contributed by atoms with Crippen molar-refractivity contribution in [2.75, 3.05) is 44.9 Å². The maximum atomic E-state index is 9.27. The zero-order valence-electron chi connectivity index (χ0n) is 13.4. The molecule has 1 aliphatic rings. The van der Waals surface area contributed by atoms with Crippen molar-refractivity contribution in [3.63, 3.8) is 0 Å². The third-order valence-corrected chi connectivity index (χ3v) is 4.27. The Kier molecular flexibility index (Phi) is 6.02. The molecule has 0 bridgehead atoms. The van der Waals surface area contributed by atoms with Gasteiger partial charge in [0, 0.05) is 52.5 Å². The summed E-state index contributed by atoms with van der Waals surface area (Å²) in [5.41, 5.74) is 2.36. The van der Waals surface area contributed by atoms with Crippen LogP contribution in [0.2, 0.25) is 0 Å². The molecule has 1 fully saturated rings. The number of anilines is 1. The summed E-state index contributed by atoms with van der Waals surface area (Å²) in [6.07, 6.45) is 2.11. The van der Waals surface area contributed by atoms with Crippen molar-refractivity contribution in [3.8, 4) is 0 Å². The van der Waals surface area contributed by atoms with Gasteiger partial charge in [-0.1, -0.05) is 0 Å². The quantitative estimate of drug-likeness (QED) is 0.724. The van der Waals surface area contributed by atoms with E-state index in [1.807, 2.05) is 11.7 Å². The Morgan fingerprint density at radius 1 is 1.38 bits per heavy atom. The smallest absolute Gasteiger partial charge is 0.131 e. The van der Waals surface area contributed by atoms with Gasteiger partial charge in [-0.15, -0.1) is 0 Å². The Hall–Kier alpha value is -1.11. The minimum absolute atomic E-state index is 0.309. The van der Waals surface area contributed by atoms with Crippen LogP contribution < -0.4 is 10.2 Å². The van der Waals surface area contributed by atoms with E-state index in [4.69, 9.17) is 4.74 Å². The first-order valence-corrected chi connectivity index (χ1v) is 7.75. The van der Waals surface area contributed by atoms with Gasteiger partial charge in [0.15, 0.2) is 0 Å². The van der Waals surface area contributed by atoms with E-state index in [2.05, 4.69) is 22.2 Å². The molecule has 2 heterocycles. The summed E-state index contributed by atoms with van der Waals surface area (Å²) in [5.74, 6) is 1.67. The minimum Gasteiger partial charge on any atom is -0.396 e. The molecule has 6 heteroatoms. The lowest BCUT2D eigenvalue weighted by Gasteiger charge is -2.33. The summed E-state index contributed by atoms with van der Waals surface area (Å²) in [6, 6.07) is 0. The molecule has 1 aromatic heterocycles. The summed E-state index contributed by atoms with van der Waals surface area (Å²) < 4.78 is 7.06. The molecule has 0 amide bonds. The molecule has 0 radical (unpaired) electrons. The van der Waals surface area contributed by atoms with Crippen molar-refractivity contribution in [2.24, 2.45) is 13.0 Å². The second-order valence-electron chi connectivity index (χ2n) is 5.79. The number of rotatable bonds is 7. The highest BCUT2D eigenvalue weighted by atomic mass is 16.5. The van der Waals surface area contributed by atoms with E-state index in [1.165, 1.54) is 11.4 Å². The number of hydrogen-bond donors (Lipinski definition) is 2. The normalized spacial score (nSPS) is 16.7. The molecule has 21 heavy (non-hydrogen) atoms. The molecule has 120 valence electrons. The first kappa shape index (κ1) is 16.3. The number of aromatic nitrogens is 2. The number of ether oxygens (including phenoxy) is 1. The SMILES string of the molecule is COCCNCc1c(C)nn(C)c1N1CCC(CO)CC1. The van der Waals surface area contributed by atoms with Gasteiger partial charge in [-0.2, -0.15) is 5.10 Å². The van der Waals surface area contributed by atoms with Crippen molar-refractivity contribution < 1.29 is 9.84 Å². The predicted octanol–water partition coefficient (Wildman–Crippen LogP) is 0.673. The van der Waals surface area contributed by atoms with Gasteiger partial charge in [0.1, 0.15) is 5.82 Å². The zero-order chi connectivity index (χ0) is 15.2. The molecule has 0 saturated carbocycles. The van der Waals surface area contributed by atoms with E-state index in [9.17, 15) is 5.11 Å². The molecule has 1 aromatic rings. The predicted molar refractivity (Wildman–Crippen MR) is 83.6 cm³/mol. The lowest BCUT2D eigenvalue weighted by molar-refractivity contribution is 0.199. The third kappa shape index (κ3) is 3.96. The van der Waals surface area contributed by atoms with Crippen LogP contribution in [0.5, 0.6) is 0 Å². The Bertz CT molecular complexity index is 439. The zero-order valence-corrected chi connectivity index (χ0v) is 13.4. The molecular weight excluding hydrogens is 268 g/mol. The Labute approximate surface area is 127 Å². The topological polar surface area (TPSA) is 62.5 Å². The lowest BCUT2D eigenvalue weighted by Crippen LogP contribution is -2.36. The number of methoxy groups -OCH3 is 1. The van der Waals surface area contributed by atoms with Crippen LogP contribution in [0.25, 0.3) is 0 Å². The molecule has 0 spiro atoms. The standard InChI is InChI=1S/C15H28N4O2/c1-12-14(10-16-6-9-21-3)15(18(2)17-12)19-7-4-13(11-20)5-8-19/h13,16,20H,4-11H2,1-3H3. The first-order chi connectivity index (χ1) is 10.2. The summed E-state index contributed by atoms with van der Waals surface area (Å²) in [7, 11) is 3.73. The van der Waals surface area contributed by atoms with Crippen LogP contribution in [0.1, 0.15) is 24.1 Å². The van der Waals surface area contributed by atoms with Gasteiger partial charge < -0.3 is 20.1 Å². The number of nitrogens with zero attached hydrogens (tertiary/aromatic N) is 3. The van der Waals surface area contributed by atoms with Gasteiger partial charge in [0.05, 0.1) is 12.3 Å². The molecule has 0 atom stereocenters. The van der Waals surface area contributed by atoms with Crippen molar-refractivity contribution in [1.29, 1.82) is 0 Å². The second kappa shape index (κ2) is 7.77. The van der Waals surface area contributed by atoms with E-state index in [-0.39, 0.29) is 0 Å². The third-order valence-electron chi connectivity index (χ3n) is 4.27. The highest BCUT2D eigenvalue weighted by Crippen LogP contribution is 2.27. The number of aliphatic hydroxyl groups excluding tert-OH is 1. The van der Waals surface area contributed by atoms with E-state index in [1.54, 1.807) is 7.11 Å². The average Bonchev–Trinajstić information content (AvgIpc) is 2.78. The lowest BCUT2D eigenvalue weighted by atomic mass is 9.97. The maximum Gasteiger partial charge on any atom is 0.131 e. The summed E-state index contributed by atoms with van der Waals surface area (Å²) in [4.78, 5) is 2.40. The second-order valence-corrected chi connectivity index (χ2v) is 5.79. The van der Waals surface area contributed by atoms with Gasteiger partial charge in [-0.3, -0.25) is 4.68 Å². The average molecular weight is 296 g/mol. The number of aliphatic hydroxyl groups is 1. The van der Waals surface area contributed by atoms with Crippen molar-refractivity contribution in [1.82, 2.24) is 15.1 Å². The van der Waals surface area contributed by atoms with E-state index >= 15 is 0 Å². The van der Waals surface area contributed by atoms with Crippen LogP contribution in [0.3, 0.4) is 0 Å². The molecule has 0 aromatic carbocycles. The van der Waals surface area contributed by atoms with Gasteiger partial charge in [-0.05, 0) is 25.7 Å². The maximum absolute atomic E-state index is 9.27. The Balaban J connectivity index is 2.04. The largest absolute Gasteiger partial charge is 0.396 e. The molecule has 0 aliphatic carbocycles. The van der Waals surface area contributed by atoms with Crippen LogP contribution in [0.15, 0.2) is 0 Å². The minimum atomic E-state index is 0.309. The van der Waals surface area contributed by atoms with E-state index in [0.717, 1.165) is 51.3 Å². The van der Waals surface area contributed by atoms with Crippen molar-refractivity contribution >= 4 is 5.82 Å².